The van der Waals surface area contributed by atoms with Gasteiger partial charge in [0.1, 0.15) is 0 Å². The van der Waals surface area contributed by atoms with Gasteiger partial charge in [-0.1, -0.05) is 0 Å². The summed E-state index contributed by atoms with van der Waals surface area (Å²) in [6, 6.07) is 0.710. The molecule has 0 aliphatic rings. The maximum Gasteiger partial charge on any atom is 0.500 e. The molecule has 0 spiro atoms. The summed E-state index contributed by atoms with van der Waals surface area (Å²) < 4.78 is 17.4. The zero-order chi connectivity index (χ0) is 16.4. The fraction of sp³-hybridized carbons (Fsp3) is 0.750. The minimum atomic E-state index is -2.60. The van der Waals surface area contributed by atoms with Crippen molar-refractivity contribution in [2.24, 2.45) is 0 Å². The quantitative estimate of drug-likeness (QED) is 0.474. The Labute approximate surface area is 142 Å². The van der Waals surface area contributed by atoms with Gasteiger partial charge in [-0.05, 0) is 50.4 Å². The zero-order valence-electron chi connectivity index (χ0n) is 13.1. The third kappa shape index (κ3) is 6.72. The molecule has 1 aromatic heterocycles. The van der Waals surface area contributed by atoms with Crippen molar-refractivity contribution >= 4 is 38.0 Å². The maximum absolute atomic E-state index is 5.78. The van der Waals surface area contributed by atoms with E-state index < -0.39 is 8.80 Å². The predicted molar refractivity (Wildman–Crippen MR) is 88.4 cm³/mol. The van der Waals surface area contributed by atoms with Crippen molar-refractivity contribution in [2.45, 2.75) is 33.2 Å². The first kappa shape index (κ1) is 19.5. The van der Waals surface area contributed by atoms with Gasteiger partial charge in [0.2, 0.25) is 16.5 Å². The Kier molecular flexibility index (Phi) is 9.14. The van der Waals surface area contributed by atoms with Gasteiger partial charge < -0.3 is 18.6 Å². The van der Waals surface area contributed by atoms with E-state index in [4.69, 9.17) is 36.5 Å². The number of halogens is 2. The van der Waals surface area contributed by atoms with E-state index in [-0.39, 0.29) is 10.6 Å². The van der Waals surface area contributed by atoms with Gasteiger partial charge in [-0.15, -0.1) is 0 Å². The van der Waals surface area contributed by atoms with Crippen LogP contribution in [0.3, 0.4) is 0 Å². The van der Waals surface area contributed by atoms with Crippen LogP contribution in [0.4, 0.5) is 5.95 Å². The largest absolute Gasteiger partial charge is 0.500 e. The summed E-state index contributed by atoms with van der Waals surface area (Å²) in [5, 5.41) is 3.17. The molecule has 0 aromatic carbocycles. The van der Waals surface area contributed by atoms with Crippen molar-refractivity contribution in [3.05, 3.63) is 10.6 Å². The van der Waals surface area contributed by atoms with Crippen LogP contribution in [0.2, 0.25) is 16.6 Å². The van der Waals surface area contributed by atoms with Crippen LogP contribution in [0.25, 0.3) is 0 Å². The summed E-state index contributed by atoms with van der Waals surface area (Å²) >= 11 is 11.4. The second-order valence-electron chi connectivity index (χ2n) is 4.21. The molecule has 0 bridgehead atoms. The molecule has 0 amide bonds. The van der Waals surface area contributed by atoms with Crippen molar-refractivity contribution in [1.29, 1.82) is 0 Å². The fourth-order valence-corrected chi connectivity index (χ4v) is 4.89. The molecule has 1 heterocycles. The molecule has 0 radical (unpaired) electrons. The monoisotopic (exact) mass is 368 g/mol. The highest BCUT2D eigenvalue weighted by molar-refractivity contribution is 6.60. The lowest BCUT2D eigenvalue weighted by molar-refractivity contribution is 0.0710. The van der Waals surface area contributed by atoms with E-state index in [1.807, 2.05) is 20.8 Å². The highest BCUT2D eigenvalue weighted by atomic mass is 35.5. The normalized spacial score (nSPS) is 11.7. The molecule has 126 valence electrons. The van der Waals surface area contributed by atoms with Crippen LogP contribution < -0.4 is 5.32 Å². The smallest absolute Gasteiger partial charge is 0.374 e. The number of nitrogens with one attached hydrogen (secondary N) is 1. The summed E-state index contributed by atoms with van der Waals surface area (Å²) in [6.07, 6.45) is 0.785. The molecule has 0 saturated heterocycles. The molecule has 0 fully saturated rings. The maximum atomic E-state index is 5.78. The molecule has 22 heavy (non-hydrogen) atoms. The molecule has 7 nitrogen and oxygen atoms in total. The second-order valence-corrected chi connectivity index (χ2v) is 7.62. The van der Waals surface area contributed by atoms with Crippen molar-refractivity contribution in [2.75, 3.05) is 31.7 Å². The third-order valence-corrected chi connectivity index (χ3v) is 6.11. The lowest BCUT2D eigenvalue weighted by Crippen LogP contribution is -2.46. The van der Waals surface area contributed by atoms with Gasteiger partial charge in [-0.3, -0.25) is 0 Å². The minimum absolute atomic E-state index is 0.0594. The van der Waals surface area contributed by atoms with Gasteiger partial charge in [-0.25, -0.2) is 0 Å². The lowest BCUT2D eigenvalue weighted by Gasteiger charge is -2.28. The van der Waals surface area contributed by atoms with Gasteiger partial charge in [0.15, 0.2) is 0 Å². The van der Waals surface area contributed by atoms with E-state index in [2.05, 4.69) is 20.3 Å². The summed E-state index contributed by atoms with van der Waals surface area (Å²) in [4.78, 5) is 11.6. The third-order valence-electron chi connectivity index (χ3n) is 2.62. The van der Waals surface area contributed by atoms with E-state index in [1.165, 1.54) is 0 Å². The van der Waals surface area contributed by atoms with Gasteiger partial charge in [0, 0.05) is 32.4 Å². The Balaban J connectivity index is 2.50. The topological polar surface area (TPSA) is 78.4 Å². The Bertz CT molecular complexity index is 419. The number of anilines is 1. The number of nitrogens with zero attached hydrogens (tertiary/aromatic N) is 3. The first-order valence-electron chi connectivity index (χ1n) is 7.28. The van der Waals surface area contributed by atoms with Crippen molar-refractivity contribution in [3.63, 3.8) is 0 Å². The number of rotatable bonds is 11. The van der Waals surface area contributed by atoms with Crippen LogP contribution in [0.15, 0.2) is 0 Å². The summed E-state index contributed by atoms with van der Waals surface area (Å²) in [5.74, 6) is 0.349. The van der Waals surface area contributed by atoms with Crippen LogP contribution in [0.1, 0.15) is 27.2 Å². The van der Waals surface area contributed by atoms with E-state index in [9.17, 15) is 0 Å². The Morgan fingerprint density at radius 3 is 1.86 bits per heavy atom. The van der Waals surface area contributed by atoms with Crippen LogP contribution in [-0.2, 0) is 13.3 Å². The summed E-state index contributed by atoms with van der Waals surface area (Å²) in [5.41, 5.74) is 0. The molecule has 10 heteroatoms. The molecule has 1 rings (SSSR count). The molecule has 0 aliphatic heterocycles. The number of hydrogen-bond donors (Lipinski definition) is 1. The summed E-state index contributed by atoms with van der Waals surface area (Å²) in [6.45, 7) is 8.14. The van der Waals surface area contributed by atoms with Crippen molar-refractivity contribution in [1.82, 2.24) is 15.0 Å². The molecule has 1 aromatic rings. The standard InChI is InChI=1S/C12H22Cl2N4O3Si/c1-4-19-22(20-5-2,21-6-3)9-7-8-15-12-17-10(13)16-11(14)18-12/h4-9H2,1-3H3,(H,15,16,17,18). The van der Waals surface area contributed by atoms with E-state index in [0.29, 0.717) is 38.4 Å². The van der Waals surface area contributed by atoms with Crippen LogP contribution in [0, 0.1) is 0 Å². The Morgan fingerprint density at radius 2 is 1.41 bits per heavy atom. The zero-order valence-corrected chi connectivity index (χ0v) is 15.6. The van der Waals surface area contributed by atoms with E-state index in [0.717, 1.165) is 6.42 Å². The number of aromatic nitrogens is 3. The Hall–Kier alpha value is -0.513. The molecule has 1 N–H and O–H groups in total. The summed E-state index contributed by atoms with van der Waals surface area (Å²) in [7, 11) is -2.60. The predicted octanol–water partition coefficient (Wildman–Crippen LogP) is 3.03. The lowest BCUT2D eigenvalue weighted by atomic mass is 10.5. The van der Waals surface area contributed by atoms with Crippen LogP contribution >= 0.6 is 23.2 Å². The van der Waals surface area contributed by atoms with Crippen molar-refractivity contribution in [3.8, 4) is 0 Å². The van der Waals surface area contributed by atoms with Gasteiger partial charge >= 0.3 is 8.80 Å². The first-order valence-corrected chi connectivity index (χ1v) is 9.96. The van der Waals surface area contributed by atoms with Gasteiger partial charge in [0.05, 0.1) is 0 Å². The molecule has 0 unspecified atom stereocenters. The first-order chi connectivity index (χ1) is 10.5. The molecule has 0 atom stereocenters. The van der Waals surface area contributed by atoms with Crippen LogP contribution in [0.5, 0.6) is 0 Å². The molecule has 0 saturated carbocycles. The highest BCUT2D eigenvalue weighted by Crippen LogP contribution is 2.18. The minimum Gasteiger partial charge on any atom is -0.374 e. The average Bonchev–Trinajstić information content (AvgIpc) is 2.43. The van der Waals surface area contributed by atoms with Crippen LogP contribution in [-0.4, -0.2) is 50.1 Å². The average molecular weight is 369 g/mol. The van der Waals surface area contributed by atoms with E-state index in [1.54, 1.807) is 0 Å². The second kappa shape index (κ2) is 10.3. The van der Waals surface area contributed by atoms with Gasteiger partial charge in [0.25, 0.3) is 0 Å². The fourth-order valence-electron chi connectivity index (χ4n) is 1.91. The SMILES string of the molecule is CCO[Si](CCCNc1nc(Cl)nc(Cl)n1)(OCC)OCC. The van der Waals surface area contributed by atoms with E-state index >= 15 is 0 Å². The van der Waals surface area contributed by atoms with Crippen molar-refractivity contribution < 1.29 is 13.3 Å². The highest BCUT2D eigenvalue weighted by Gasteiger charge is 2.39. The molecular weight excluding hydrogens is 347 g/mol. The number of hydrogen-bond acceptors (Lipinski definition) is 7. The van der Waals surface area contributed by atoms with Gasteiger partial charge in [-0.2, -0.15) is 15.0 Å². The molecule has 0 aliphatic carbocycles. The Morgan fingerprint density at radius 1 is 0.909 bits per heavy atom. The molecular formula is C12H22Cl2N4O3Si.